The monoisotopic (exact) mass is 347 g/mol. The van der Waals surface area contributed by atoms with E-state index in [9.17, 15) is 0 Å². The number of fused-ring (bicyclic) bond motifs is 3. The Bertz CT molecular complexity index is 1100. The molecule has 0 saturated heterocycles. The molecule has 0 unspecified atom stereocenters. The van der Waals surface area contributed by atoms with Crippen molar-refractivity contribution in [1.29, 1.82) is 0 Å². The third kappa shape index (κ3) is 2.39. The fourth-order valence-electron chi connectivity index (χ4n) is 3.39. The molecule has 4 heteroatoms. The molecule has 0 bridgehead atoms. The summed E-state index contributed by atoms with van der Waals surface area (Å²) in [7, 11) is 0. The summed E-state index contributed by atoms with van der Waals surface area (Å²) in [6.07, 6.45) is 0.826. The molecule has 124 valence electrons. The largest absolute Gasteiger partial charge is 0.398 e. The van der Waals surface area contributed by atoms with E-state index in [1.54, 1.807) is 0 Å². The van der Waals surface area contributed by atoms with E-state index >= 15 is 0 Å². The second-order valence-electron chi connectivity index (χ2n) is 6.11. The maximum atomic E-state index is 6.58. The molecule has 0 atom stereocenters. The van der Waals surface area contributed by atoms with Gasteiger partial charge in [-0.15, -0.1) is 0 Å². The zero-order chi connectivity index (χ0) is 17.6. The second kappa shape index (κ2) is 5.94. The van der Waals surface area contributed by atoms with Crippen molar-refractivity contribution in [1.82, 2.24) is 4.98 Å². The SMILES string of the molecule is CCc1cc(N)c(Cl)c2c1nc(-c1ccccc1)c1c(N)cccc12. The van der Waals surface area contributed by atoms with Crippen LogP contribution in [0.3, 0.4) is 0 Å². The van der Waals surface area contributed by atoms with Crippen LogP contribution in [0.2, 0.25) is 5.02 Å². The van der Waals surface area contributed by atoms with Crippen LogP contribution in [0, 0.1) is 0 Å². The smallest absolute Gasteiger partial charge is 0.0808 e. The normalized spacial score (nSPS) is 11.3. The summed E-state index contributed by atoms with van der Waals surface area (Å²) >= 11 is 6.58. The zero-order valence-electron chi connectivity index (χ0n) is 13.9. The van der Waals surface area contributed by atoms with Gasteiger partial charge in [0.2, 0.25) is 0 Å². The van der Waals surface area contributed by atoms with E-state index in [2.05, 4.69) is 6.92 Å². The molecule has 4 N–H and O–H groups in total. The Kier molecular flexibility index (Phi) is 3.74. The van der Waals surface area contributed by atoms with E-state index in [4.69, 9.17) is 28.1 Å². The number of nitrogens with two attached hydrogens (primary N) is 2. The summed E-state index contributed by atoms with van der Waals surface area (Å²) in [4.78, 5) is 4.99. The average Bonchev–Trinajstić information content (AvgIpc) is 2.64. The highest BCUT2D eigenvalue weighted by molar-refractivity contribution is 6.40. The third-order valence-electron chi connectivity index (χ3n) is 4.60. The van der Waals surface area contributed by atoms with Gasteiger partial charge in [-0.2, -0.15) is 0 Å². The van der Waals surface area contributed by atoms with Crippen molar-refractivity contribution in [3.05, 3.63) is 65.2 Å². The number of hydrogen-bond acceptors (Lipinski definition) is 3. The van der Waals surface area contributed by atoms with Crippen molar-refractivity contribution in [2.24, 2.45) is 0 Å². The first-order valence-corrected chi connectivity index (χ1v) is 8.63. The van der Waals surface area contributed by atoms with Crippen LogP contribution in [0.1, 0.15) is 12.5 Å². The number of nitrogens with zero attached hydrogens (tertiary/aromatic N) is 1. The molecule has 0 aliphatic carbocycles. The van der Waals surface area contributed by atoms with Crippen molar-refractivity contribution in [2.75, 3.05) is 11.5 Å². The lowest BCUT2D eigenvalue weighted by Crippen LogP contribution is -1.99. The predicted octanol–water partition coefficient (Wildman–Crippen LogP) is 5.44. The van der Waals surface area contributed by atoms with Gasteiger partial charge in [0.05, 0.1) is 21.9 Å². The minimum atomic E-state index is 0.537. The summed E-state index contributed by atoms with van der Waals surface area (Å²) in [5.74, 6) is 0. The number of aromatic nitrogens is 1. The van der Waals surface area contributed by atoms with Gasteiger partial charge in [0, 0.05) is 22.0 Å². The molecule has 3 nitrogen and oxygen atoms in total. The minimum Gasteiger partial charge on any atom is -0.398 e. The minimum absolute atomic E-state index is 0.537. The van der Waals surface area contributed by atoms with Crippen LogP contribution in [-0.2, 0) is 6.42 Å². The maximum absolute atomic E-state index is 6.58. The number of hydrogen-bond donors (Lipinski definition) is 2. The van der Waals surface area contributed by atoms with Gasteiger partial charge in [-0.3, -0.25) is 0 Å². The molecule has 4 rings (SSSR count). The maximum Gasteiger partial charge on any atom is 0.0808 e. The van der Waals surface area contributed by atoms with Crippen LogP contribution in [0.25, 0.3) is 32.9 Å². The van der Waals surface area contributed by atoms with E-state index in [0.717, 1.165) is 44.9 Å². The molecule has 3 aromatic carbocycles. The molecule has 0 aliphatic rings. The van der Waals surface area contributed by atoms with Crippen molar-refractivity contribution < 1.29 is 0 Å². The summed E-state index contributed by atoms with van der Waals surface area (Å²) < 4.78 is 0. The molecular weight excluding hydrogens is 330 g/mol. The number of aryl methyl sites for hydroxylation is 1. The zero-order valence-corrected chi connectivity index (χ0v) is 14.6. The summed E-state index contributed by atoms with van der Waals surface area (Å²) in [6, 6.07) is 17.9. The molecule has 25 heavy (non-hydrogen) atoms. The molecule has 0 fully saturated rings. The van der Waals surface area contributed by atoms with Crippen LogP contribution in [-0.4, -0.2) is 4.98 Å². The average molecular weight is 348 g/mol. The Morgan fingerprint density at radius 3 is 2.40 bits per heavy atom. The first kappa shape index (κ1) is 15.7. The molecule has 0 radical (unpaired) electrons. The Hall–Kier alpha value is -2.78. The van der Waals surface area contributed by atoms with Crippen LogP contribution in [0.4, 0.5) is 11.4 Å². The molecule has 0 saturated carbocycles. The van der Waals surface area contributed by atoms with Gasteiger partial charge < -0.3 is 11.5 Å². The number of halogens is 1. The lowest BCUT2D eigenvalue weighted by atomic mass is 9.96. The van der Waals surface area contributed by atoms with E-state index in [-0.39, 0.29) is 0 Å². The van der Waals surface area contributed by atoms with Crippen molar-refractivity contribution in [3.8, 4) is 11.3 Å². The molecule has 4 aromatic rings. The topological polar surface area (TPSA) is 64.9 Å². The second-order valence-corrected chi connectivity index (χ2v) is 6.49. The first-order valence-electron chi connectivity index (χ1n) is 8.26. The van der Waals surface area contributed by atoms with E-state index in [1.165, 1.54) is 0 Å². The van der Waals surface area contributed by atoms with Crippen LogP contribution in [0.15, 0.2) is 54.6 Å². The number of benzene rings is 3. The summed E-state index contributed by atoms with van der Waals surface area (Å²) in [6.45, 7) is 2.09. The van der Waals surface area contributed by atoms with Gasteiger partial charge >= 0.3 is 0 Å². The van der Waals surface area contributed by atoms with Crippen LogP contribution in [0.5, 0.6) is 0 Å². The van der Waals surface area contributed by atoms with E-state index < -0.39 is 0 Å². The van der Waals surface area contributed by atoms with Gasteiger partial charge in [-0.1, -0.05) is 61.0 Å². The Balaban J connectivity index is 2.28. The van der Waals surface area contributed by atoms with Gasteiger partial charge in [-0.05, 0) is 29.5 Å². The van der Waals surface area contributed by atoms with Gasteiger partial charge in [0.15, 0.2) is 0 Å². The Morgan fingerprint density at radius 2 is 1.68 bits per heavy atom. The Morgan fingerprint density at radius 1 is 0.920 bits per heavy atom. The molecule has 0 spiro atoms. The highest BCUT2D eigenvalue weighted by Crippen LogP contribution is 2.41. The standard InChI is InChI=1S/C21H18ClN3/c1-2-12-11-16(24)19(22)18-14-9-6-10-15(23)17(14)21(25-20(12)18)13-7-4-3-5-8-13/h3-11H,2,23-24H2,1H3. The van der Waals surface area contributed by atoms with Crippen molar-refractivity contribution in [3.63, 3.8) is 0 Å². The highest BCUT2D eigenvalue weighted by atomic mass is 35.5. The summed E-state index contributed by atoms with van der Waals surface area (Å²) in [5.41, 5.74) is 17.6. The summed E-state index contributed by atoms with van der Waals surface area (Å²) in [5, 5.41) is 3.31. The van der Waals surface area contributed by atoms with E-state index in [1.807, 2.05) is 54.6 Å². The molecular formula is C21H18ClN3. The molecule has 0 amide bonds. The predicted molar refractivity (Wildman–Crippen MR) is 108 cm³/mol. The molecule has 1 aromatic heterocycles. The number of anilines is 2. The quantitative estimate of drug-likeness (QED) is 0.375. The first-order chi connectivity index (χ1) is 12.1. The molecule has 1 heterocycles. The third-order valence-corrected chi connectivity index (χ3v) is 5.01. The molecule has 0 aliphatic heterocycles. The van der Waals surface area contributed by atoms with Crippen molar-refractivity contribution >= 4 is 44.7 Å². The van der Waals surface area contributed by atoms with Crippen molar-refractivity contribution in [2.45, 2.75) is 13.3 Å². The fraction of sp³-hybridized carbons (Fsp3) is 0.0952. The number of pyridine rings is 1. The number of rotatable bonds is 2. The highest BCUT2D eigenvalue weighted by Gasteiger charge is 2.18. The van der Waals surface area contributed by atoms with Gasteiger partial charge in [-0.25, -0.2) is 4.98 Å². The van der Waals surface area contributed by atoms with Crippen LogP contribution < -0.4 is 11.5 Å². The lowest BCUT2D eigenvalue weighted by molar-refractivity contribution is 1.15. The number of nitrogen functional groups attached to an aromatic ring is 2. The Labute approximate surface area is 151 Å². The van der Waals surface area contributed by atoms with E-state index in [0.29, 0.717) is 16.4 Å². The van der Waals surface area contributed by atoms with Gasteiger partial charge in [0.25, 0.3) is 0 Å². The fourth-order valence-corrected chi connectivity index (χ4v) is 3.63. The van der Waals surface area contributed by atoms with Gasteiger partial charge in [0.1, 0.15) is 0 Å². The van der Waals surface area contributed by atoms with Crippen LogP contribution >= 0.6 is 11.6 Å². The lowest BCUT2D eigenvalue weighted by Gasteiger charge is -2.16.